The Hall–Kier alpha value is -3.53. The number of fused-ring (bicyclic) bond motifs is 3. The normalized spacial score (nSPS) is 36.5. The van der Waals surface area contributed by atoms with Crippen LogP contribution < -0.4 is 16.1 Å². The Morgan fingerprint density at radius 1 is 0.947 bits per heavy atom. The molecule has 12 nitrogen and oxygen atoms in total. The number of piperidine rings is 1. The lowest BCUT2D eigenvalue weighted by Crippen LogP contribution is -2.63. The highest BCUT2D eigenvalue weighted by atomic mass is 35.5. The fourth-order valence-corrected chi connectivity index (χ4v) is 17.3. The van der Waals surface area contributed by atoms with Crippen LogP contribution in [0.5, 0.6) is 0 Å². The fourth-order valence-electron chi connectivity index (χ4n) is 15.7. The molecule has 1 spiro atoms. The third-order valence-electron chi connectivity index (χ3n) is 20.9. The second kappa shape index (κ2) is 21.3. The number of thioether (sulfide) groups is 1. The van der Waals surface area contributed by atoms with Gasteiger partial charge in [0.05, 0.1) is 40.0 Å². The van der Waals surface area contributed by atoms with Crippen molar-refractivity contribution in [1.29, 1.82) is 0 Å². The predicted octanol–water partition coefficient (Wildman–Crippen LogP) is 11.1. The number of benzene rings is 1. The maximum atomic E-state index is 15.8. The SMILES string of the molecule is C=C[C@@]1(C)C[C@H](OC(=O)CSC2CC3CCC(C2)N3C)[C@@]2(C)C(C)CCC3(CCC(=O)C32)[C@H](C)[C@@H]1OC(=O)CCCCCCCCCOC(=O)c1cn(C2C[C@@H]2F)c2c(Cl)c(N3C[C@@H](N)C4(CC4)C3)c(F)cc2c1=O. The standard InChI is InChI=1S/C59H81ClF2N4O8S/c1-7-56(4)29-46(73-48(69)32-75-38-25-36-16-17-37(26-38)64(36)6)57(5)34(2)18-20-59(21-19-44(67)53(57)59)35(3)54(56)74-47(68)15-13-11-9-8-10-12-14-24-72-55(71)40-30-66(43-28-41(43)61)50-39(52(40)70)27-42(62)51(49(50)60)65-31-45(63)58(33-65)22-23-58/h7,27,30,34-38,41,43,45-46,53-54H,1,8-26,28-29,31-33,63H2,2-6H3/t34?,35-,36?,37?,38?,41+,43?,45-,46+,53?,54+,56+,57-,59?/m1/s1. The van der Waals surface area contributed by atoms with E-state index >= 15 is 4.39 Å². The van der Waals surface area contributed by atoms with Gasteiger partial charge in [-0.1, -0.05) is 77.5 Å². The summed E-state index contributed by atoms with van der Waals surface area (Å²) in [5.74, 6) is -1.72. The van der Waals surface area contributed by atoms with Crippen molar-refractivity contribution in [3.63, 3.8) is 0 Å². The molecule has 2 aromatic rings. The van der Waals surface area contributed by atoms with Crippen LogP contribution in [0.1, 0.15) is 173 Å². The Kier molecular flexibility index (Phi) is 15.5. The van der Waals surface area contributed by atoms with Crippen LogP contribution in [0.3, 0.4) is 0 Å². The third-order valence-corrected chi connectivity index (χ3v) is 22.5. The Morgan fingerprint density at radius 2 is 1.63 bits per heavy atom. The number of carbonyl (C=O) groups is 4. The van der Waals surface area contributed by atoms with Crippen LogP contribution >= 0.6 is 23.4 Å². The van der Waals surface area contributed by atoms with Crippen LogP contribution in [0.4, 0.5) is 14.5 Å². The zero-order valence-electron chi connectivity index (χ0n) is 45.0. The molecule has 5 aliphatic carbocycles. The molecule has 2 N–H and O–H groups in total. The lowest BCUT2D eigenvalue weighted by atomic mass is 9.44. The maximum absolute atomic E-state index is 15.8. The number of ether oxygens (including phenoxy) is 3. The quantitative estimate of drug-likeness (QED) is 0.0617. The first-order valence-corrected chi connectivity index (χ1v) is 29.9. The first-order chi connectivity index (χ1) is 35.7. The van der Waals surface area contributed by atoms with Crippen molar-refractivity contribution in [3.05, 3.63) is 51.5 Å². The van der Waals surface area contributed by atoms with Crippen molar-refractivity contribution in [1.82, 2.24) is 9.47 Å². The number of aromatic nitrogens is 1. The van der Waals surface area contributed by atoms with Crippen molar-refractivity contribution in [2.45, 2.75) is 204 Å². The molecule has 1 aromatic heterocycles. The maximum Gasteiger partial charge on any atom is 0.343 e. The molecular weight excluding hydrogens is 998 g/mol. The molecule has 4 heterocycles. The molecule has 0 amide bonds. The van der Waals surface area contributed by atoms with Gasteiger partial charge in [0, 0.05) is 90.0 Å². The van der Waals surface area contributed by atoms with Gasteiger partial charge in [0.25, 0.3) is 0 Å². The topological polar surface area (TPSA) is 150 Å². The molecule has 6 unspecified atom stereocenters. The number of anilines is 1. The summed E-state index contributed by atoms with van der Waals surface area (Å²) in [6.07, 6.45) is 17.0. The molecule has 13 atom stereocenters. The van der Waals surface area contributed by atoms with E-state index in [0.717, 1.165) is 83.1 Å². The molecule has 16 heteroatoms. The summed E-state index contributed by atoms with van der Waals surface area (Å²) < 4.78 is 50.8. The van der Waals surface area contributed by atoms with Crippen LogP contribution in [0.25, 0.3) is 10.9 Å². The number of ketones is 1. The molecule has 8 aliphatic rings. The van der Waals surface area contributed by atoms with Gasteiger partial charge < -0.3 is 34.3 Å². The van der Waals surface area contributed by atoms with Crippen molar-refractivity contribution in [2.75, 3.05) is 37.4 Å². The largest absolute Gasteiger partial charge is 0.462 e. The molecule has 10 rings (SSSR count). The number of pyridine rings is 1. The Bertz CT molecular complexity index is 2620. The van der Waals surface area contributed by atoms with Gasteiger partial charge in [-0.25, -0.2) is 13.6 Å². The molecule has 5 saturated carbocycles. The monoisotopic (exact) mass is 1080 g/mol. The van der Waals surface area contributed by atoms with Gasteiger partial charge in [0.1, 0.15) is 35.5 Å². The number of esters is 3. The average molecular weight is 1080 g/mol. The summed E-state index contributed by atoms with van der Waals surface area (Å²) in [6, 6.07) is 1.53. The predicted molar refractivity (Wildman–Crippen MR) is 289 cm³/mol. The van der Waals surface area contributed by atoms with Crippen molar-refractivity contribution in [3.8, 4) is 0 Å². The highest BCUT2D eigenvalue weighted by molar-refractivity contribution is 8.00. The summed E-state index contributed by atoms with van der Waals surface area (Å²) in [6.45, 7) is 14.1. The van der Waals surface area contributed by atoms with E-state index in [4.69, 9.17) is 31.5 Å². The number of alkyl halides is 1. The van der Waals surface area contributed by atoms with E-state index in [1.54, 1.807) is 11.8 Å². The van der Waals surface area contributed by atoms with E-state index in [-0.39, 0.29) is 105 Å². The number of halogens is 3. The Labute approximate surface area is 451 Å². The van der Waals surface area contributed by atoms with Crippen LogP contribution in [-0.4, -0.2) is 107 Å². The average Bonchev–Trinajstić information content (AvgIpc) is 4.30. The molecule has 75 heavy (non-hydrogen) atoms. The number of rotatable bonds is 19. The molecule has 1 aromatic carbocycles. The highest BCUT2D eigenvalue weighted by Crippen LogP contribution is 2.68. The second-order valence-electron chi connectivity index (χ2n) is 25.2. The smallest absolute Gasteiger partial charge is 0.343 e. The van der Waals surface area contributed by atoms with Gasteiger partial charge in [-0.3, -0.25) is 19.2 Å². The number of hydrogen-bond acceptors (Lipinski definition) is 12. The van der Waals surface area contributed by atoms with Gasteiger partial charge in [-0.2, -0.15) is 0 Å². The van der Waals surface area contributed by atoms with Crippen molar-refractivity contribution < 1.29 is 42.2 Å². The summed E-state index contributed by atoms with van der Waals surface area (Å²) in [5, 5.41) is 0.360. The fraction of sp³-hybridized carbons (Fsp3) is 0.746. The molecule has 3 saturated heterocycles. The van der Waals surface area contributed by atoms with E-state index in [2.05, 4.69) is 46.2 Å². The van der Waals surface area contributed by atoms with Crippen LogP contribution in [0.2, 0.25) is 5.02 Å². The van der Waals surface area contributed by atoms with Gasteiger partial charge in [0.2, 0.25) is 5.43 Å². The first-order valence-electron chi connectivity index (χ1n) is 28.5. The van der Waals surface area contributed by atoms with Gasteiger partial charge in [-0.05, 0) is 101 Å². The van der Waals surface area contributed by atoms with E-state index in [9.17, 15) is 28.4 Å². The van der Waals surface area contributed by atoms with E-state index in [1.807, 2.05) is 11.0 Å². The number of nitrogens with zero attached hydrogens (tertiary/aromatic N) is 3. The highest BCUT2D eigenvalue weighted by Gasteiger charge is 2.69. The minimum atomic E-state index is -1.19. The number of carbonyl (C=O) groups excluding carboxylic acids is 4. The second-order valence-corrected chi connectivity index (χ2v) is 26.9. The first kappa shape index (κ1) is 54.8. The molecule has 412 valence electrons. The number of Topliss-reactive ketones (excluding diaryl/α,β-unsaturated/α-hetero) is 1. The molecule has 8 fully saturated rings. The molecular formula is C59H81ClF2N4O8S. The van der Waals surface area contributed by atoms with Crippen LogP contribution in [0, 0.1) is 45.2 Å². The summed E-state index contributed by atoms with van der Waals surface area (Å²) >= 11 is 8.62. The molecule has 3 aliphatic heterocycles. The van der Waals surface area contributed by atoms with Crippen molar-refractivity contribution >= 4 is 63.6 Å². The minimum Gasteiger partial charge on any atom is -0.462 e. The molecule has 0 radical (unpaired) electrons. The van der Waals surface area contributed by atoms with Crippen LogP contribution in [-0.2, 0) is 28.6 Å². The zero-order valence-corrected chi connectivity index (χ0v) is 46.6. The Balaban J connectivity index is 0.702. The van der Waals surface area contributed by atoms with Crippen LogP contribution in [0.15, 0.2) is 29.7 Å². The van der Waals surface area contributed by atoms with Gasteiger partial charge in [0.15, 0.2) is 0 Å². The van der Waals surface area contributed by atoms with E-state index in [1.165, 1.54) is 23.6 Å². The number of nitrogens with two attached hydrogens (primary N) is 1. The van der Waals surface area contributed by atoms with Gasteiger partial charge in [-0.15, -0.1) is 18.3 Å². The summed E-state index contributed by atoms with van der Waals surface area (Å²) in [7, 11) is 2.23. The Morgan fingerprint density at radius 3 is 2.28 bits per heavy atom. The summed E-state index contributed by atoms with van der Waals surface area (Å²) in [4.78, 5) is 73.5. The third kappa shape index (κ3) is 10.0. The minimum absolute atomic E-state index is 0.0167. The number of hydrogen-bond donors (Lipinski definition) is 1. The van der Waals surface area contributed by atoms with E-state index < -0.39 is 52.5 Å². The lowest BCUT2D eigenvalue weighted by Gasteiger charge is -2.62. The van der Waals surface area contributed by atoms with E-state index in [0.29, 0.717) is 56.1 Å². The number of unbranched alkanes of at least 4 members (excludes halogenated alkanes) is 6. The zero-order chi connectivity index (χ0) is 53.4. The van der Waals surface area contributed by atoms with Gasteiger partial charge >= 0.3 is 17.9 Å². The summed E-state index contributed by atoms with van der Waals surface area (Å²) in [5.41, 5.74) is 4.08. The molecule has 4 bridgehead atoms. The lowest BCUT2D eigenvalue weighted by molar-refractivity contribution is -0.212. The van der Waals surface area contributed by atoms with Crippen molar-refractivity contribution in [2.24, 2.45) is 45.1 Å².